The highest BCUT2D eigenvalue weighted by atomic mass is 35.5. The summed E-state index contributed by atoms with van der Waals surface area (Å²) in [5.41, 5.74) is 6.95. The van der Waals surface area contributed by atoms with E-state index < -0.39 is 47.8 Å². The topological polar surface area (TPSA) is 282 Å². The summed E-state index contributed by atoms with van der Waals surface area (Å²) >= 11 is 7.70. The molecule has 0 saturated carbocycles. The number of nitrogens with zero attached hydrogens (tertiary/aromatic N) is 9. The van der Waals surface area contributed by atoms with Gasteiger partial charge in [0.25, 0.3) is 0 Å². The molecule has 12 atom stereocenters. The molecule has 9 saturated heterocycles. The summed E-state index contributed by atoms with van der Waals surface area (Å²) in [6.45, 7) is 15.3. The van der Waals surface area contributed by atoms with Crippen molar-refractivity contribution in [2.45, 2.75) is 204 Å². The zero-order chi connectivity index (χ0) is 80.4. The number of anilines is 1. The van der Waals surface area contributed by atoms with E-state index in [0.717, 1.165) is 102 Å². The molecule has 13 heterocycles. The summed E-state index contributed by atoms with van der Waals surface area (Å²) in [5, 5.41) is 14.0. The van der Waals surface area contributed by atoms with E-state index in [-0.39, 0.29) is 127 Å². The zero-order valence-corrected chi connectivity index (χ0v) is 67.2. The van der Waals surface area contributed by atoms with Crippen LogP contribution >= 0.6 is 22.9 Å². The van der Waals surface area contributed by atoms with Gasteiger partial charge in [0.15, 0.2) is 0 Å². The number of amides is 12. The molecule has 9 fully saturated rings. The Balaban J connectivity index is 0.000000133. The first-order valence-corrected chi connectivity index (χ1v) is 42.3. The Morgan fingerprint density at radius 2 is 0.886 bits per heavy atom. The normalized spacial score (nSPS) is 27.0. The van der Waals surface area contributed by atoms with Crippen molar-refractivity contribution in [1.82, 2.24) is 60.5 Å². The molecular formula is C86H107ClFN13O12S. The van der Waals surface area contributed by atoms with E-state index in [1.54, 1.807) is 38.2 Å². The minimum absolute atomic E-state index is 0.00295. The Kier molecular flexibility index (Phi) is 26.9. The van der Waals surface area contributed by atoms with Gasteiger partial charge in [0.1, 0.15) is 30.0 Å². The highest BCUT2D eigenvalue weighted by molar-refractivity contribution is 7.10. The predicted molar refractivity (Wildman–Crippen MR) is 428 cm³/mol. The number of piperazine rings is 1. The fourth-order valence-corrected chi connectivity index (χ4v) is 19.3. The lowest BCUT2D eigenvalue weighted by molar-refractivity contribution is -0.136. The van der Waals surface area contributed by atoms with Gasteiger partial charge in [-0.1, -0.05) is 60.0 Å². The van der Waals surface area contributed by atoms with Crippen LogP contribution in [-0.2, 0) is 83.5 Å². The lowest BCUT2D eigenvalue weighted by Crippen LogP contribution is -2.49. The van der Waals surface area contributed by atoms with Crippen LogP contribution in [0.25, 0.3) is 5.57 Å². The summed E-state index contributed by atoms with van der Waals surface area (Å²) in [5.74, 6) is -0.256. The second-order valence-corrected chi connectivity index (χ2v) is 34.1. The van der Waals surface area contributed by atoms with Crippen molar-refractivity contribution in [2.24, 2.45) is 23.7 Å². The highest BCUT2D eigenvalue weighted by Gasteiger charge is 2.46. The van der Waals surface area contributed by atoms with E-state index in [0.29, 0.717) is 103 Å². The Morgan fingerprint density at radius 3 is 1.34 bits per heavy atom. The van der Waals surface area contributed by atoms with Crippen molar-refractivity contribution in [3.63, 3.8) is 0 Å². The van der Waals surface area contributed by atoms with Gasteiger partial charge in [-0.15, -0.1) is 17.8 Å². The van der Waals surface area contributed by atoms with Crippen molar-refractivity contribution >= 4 is 105 Å². The molecule has 0 aliphatic carbocycles. The molecular weight excluding hydrogens is 1490 g/mol. The predicted octanol–water partition coefficient (Wildman–Crippen LogP) is 6.87. The fraction of sp³-hybridized carbons (Fsp3) is 0.558. The summed E-state index contributed by atoms with van der Waals surface area (Å²) in [4.78, 5) is 169. The second-order valence-electron chi connectivity index (χ2n) is 32.7. The number of carbonyl (C=O) groups is 12. The summed E-state index contributed by atoms with van der Waals surface area (Å²) < 4.78 is 13.1. The van der Waals surface area contributed by atoms with E-state index in [1.165, 1.54) is 39.3 Å². The van der Waals surface area contributed by atoms with Crippen molar-refractivity contribution < 1.29 is 61.9 Å². The first-order chi connectivity index (χ1) is 54.9. The molecule has 28 heteroatoms. The standard InChI is InChI=1S/C23H28ClN3O3.C22H29FN4O3.C22H25N3O3.C19H25N3O3S/c1-15-3-2-10-27(15)23(30)20-13-18(22(29)25-20)14-21(28)26-11-8-17(9-12-26)16-4-6-19(24)7-5-16;1-15-3-2-8-27(15)22(30)19-13-16(21(29)24-19)14-20(28)26-11-9-25(10-12-26)18-6-4-17(23)5-7-18;1-2-18-8-5-10-25(18)22(28)19-12-17(21(27)23-19)13-20(26)24-11-9-15-6-3-4-7-16(15)14-24;1-12-3-2-6-22(12)19(25)15-9-14(18(24)20-15)10-17(23)21-7-4-16-13(11-21)5-8-26-16/h4-8,15,18,20H,2-3,9-14H2,1H3,(H,25,29);4-7,15-16,19H,2-3,8-14H2,1H3,(H,24,29);1,3-4,6-7,17-19H,5,8-14H2,(H,23,27);5,8,12,14-15H,2-4,6-7,9-11H2,1H3,(H,20,24)/t15-,18+,20+;15-,16+,19+;17-,18?,19-;12-,14+,15+/m1101/s1. The fourth-order valence-electron chi connectivity index (χ4n) is 18.3. The van der Waals surface area contributed by atoms with Gasteiger partial charge in [-0.3, -0.25) is 57.5 Å². The lowest BCUT2D eigenvalue weighted by Gasteiger charge is -2.36. The van der Waals surface area contributed by atoms with Crippen LogP contribution in [-0.4, -0.2) is 237 Å². The summed E-state index contributed by atoms with van der Waals surface area (Å²) in [6.07, 6.45) is 20.1. The Bertz CT molecular complexity index is 4340. The van der Waals surface area contributed by atoms with Crippen molar-refractivity contribution in [3.8, 4) is 12.3 Å². The Morgan fingerprint density at radius 1 is 0.465 bits per heavy atom. The first kappa shape index (κ1) is 82.3. The molecule has 12 aliphatic rings. The number of hydrogen-bond donors (Lipinski definition) is 4. The van der Waals surface area contributed by atoms with Gasteiger partial charge in [-0.05, 0) is 193 Å². The van der Waals surface area contributed by atoms with Gasteiger partial charge in [0, 0.05) is 175 Å². The molecule has 1 unspecified atom stereocenters. The lowest BCUT2D eigenvalue weighted by atomic mass is 9.97. The number of likely N-dealkylation sites (tertiary alicyclic amines) is 4. The molecule has 114 heavy (non-hydrogen) atoms. The molecule has 16 rings (SSSR count). The van der Waals surface area contributed by atoms with E-state index in [2.05, 4.69) is 62.6 Å². The van der Waals surface area contributed by atoms with Crippen LogP contribution in [0, 0.1) is 41.8 Å². The molecule has 1 aromatic heterocycles. The molecule has 4 N–H and O–H groups in total. The van der Waals surface area contributed by atoms with Crippen LogP contribution in [0.15, 0.2) is 90.3 Å². The van der Waals surface area contributed by atoms with E-state index >= 15 is 0 Å². The summed E-state index contributed by atoms with van der Waals surface area (Å²) in [7, 11) is 0. The number of carbonyl (C=O) groups excluding carboxylic acids is 12. The van der Waals surface area contributed by atoms with Gasteiger partial charge in [-0.2, -0.15) is 0 Å². The zero-order valence-electron chi connectivity index (χ0n) is 65.6. The van der Waals surface area contributed by atoms with Crippen molar-refractivity contribution in [1.29, 1.82) is 0 Å². The van der Waals surface area contributed by atoms with Gasteiger partial charge >= 0.3 is 0 Å². The number of terminal acetylenes is 1. The smallest absolute Gasteiger partial charge is 0.246 e. The number of fused-ring (bicyclic) bond motifs is 2. The van der Waals surface area contributed by atoms with Crippen molar-refractivity contribution in [3.05, 3.63) is 128 Å². The average molecular weight is 1600 g/mol. The average Bonchev–Trinajstić information content (AvgIpc) is 1.57. The monoisotopic (exact) mass is 1600 g/mol. The maximum absolute atomic E-state index is 13.1. The molecule has 3 aromatic carbocycles. The maximum Gasteiger partial charge on any atom is 0.246 e. The molecule has 4 aromatic rings. The highest BCUT2D eigenvalue weighted by Crippen LogP contribution is 2.34. The molecule has 0 spiro atoms. The third-order valence-electron chi connectivity index (χ3n) is 25.2. The number of benzene rings is 3. The van der Waals surface area contributed by atoms with Gasteiger partial charge in [0.2, 0.25) is 70.9 Å². The molecule has 608 valence electrons. The molecule has 0 bridgehead atoms. The second kappa shape index (κ2) is 37.3. The Labute approximate surface area is 675 Å². The van der Waals surface area contributed by atoms with Crippen LogP contribution in [0.3, 0.4) is 0 Å². The molecule has 12 amide bonds. The SMILES string of the molecule is C#CC1CCCN1C(=O)[C@@H]1C[C@@H](CC(=O)N2CCc3ccccc3C2)C(=O)N1.C[C@@H]1CCCN1C(=O)[C@@H]1C[C@@H](CC(=O)N2CC=C(c3ccc(Cl)cc3)CC2)C(=O)N1.C[C@@H]1CCCN1C(=O)[C@@H]1C[C@@H](CC(=O)N2CCN(c3ccc(F)cc3)CC2)C(=O)N1.C[C@@H]1CCCN1C(=O)[C@@H]1C[C@@H](CC(=O)N2CCc3sccc3C2)C(=O)N1. The number of hydrogen-bond acceptors (Lipinski definition) is 14. The molecule has 25 nitrogen and oxygen atoms in total. The third kappa shape index (κ3) is 19.6. The largest absolute Gasteiger partial charge is 0.368 e. The Hall–Kier alpha value is -9.68. The van der Waals surface area contributed by atoms with Crippen LogP contribution in [0.1, 0.15) is 157 Å². The molecule has 12 aliphatic heterocycles. The van der Waals surface area contributed by atoms with Gasteiger partial charge in [0.05, 0.1) is 6.04 Å². The molecule has 0 radical (unpaired) electrons. The van der Waals surface area contributed by atoms with Gasteiger partial charge < -0.3 is 65.4 Å². The van der Waals surface area contributed by atoms with Crippen molar-refractivity contribution in [2.75, 3.05) is 83.4 Å². The van der Waals surface area contributed by atoms with Crippen LogP contribution in [0.2, 0.25) is 5.02 Å². The minimum atomic E-state index is -0.568. The third-order valence-corrected chi connectivity index (χ3v) is 26.5. The van der Waals surface area contributed by atoms with Gasteiger partial charge in [-0.25, -0.2) is 4.39 Å². The van der Waals surface area contributed by atoms with E-state index in [4.69, 9.17) is 18.0 Å². The summed E-state index contributed by atoms with van der Waals surface area (Å²) in [6, 6.07) is 22.8. The van der Waals surface area contributed by atoms with Crippen LogP contribution < -0.4 is 26.2 Å². The number of halogens is 2. The minimum Gasteiger partial charge on any atom is -0.368 e. The van der Waals surface area contributed by atoms with Crippen LogP contribution in [0.5, 0.6) is 0 Å². The van der Waals surface area contributed by atoms with Crippen LogP contribution in [0.4, 0.5) is 10.1 Å². The maximum atomic E-state index is 13.1. The van der Waals surface area contributed by atoms with E-state index in [1.807, 2.05) is 80.8 Å². The number of rotatable bonds is 14. The number of thiophene rings is 1. The van der Waals surface area contributed by atoms with E-state index in [9.17, 15) is 61.9 Å². The quantitative estimate of drug-likeness (QED) is 0.0939. The number of nitrogens with one attached hydrogen (secondary N) is 4. The first-order valence-electron chi connectivity index (χ1n) is 41.0.